The minimum atomic E-state index is -0.159. The average Bonchev–Trinajstić information content (AvgIpc) is 2.72. The summed E-state index contributed by atoms with van der Waals surface area (Å²) in [6.07, 6.45) is 6.20. The molecule has 0 bridgehead atoms. The van der Waals surface area contributed by atoms with Crippen molar-refractivity contribution in [2.75, 3.05) is 10.6 Å². The molecule has 0 spiro atoms. The third kappa shape index (κ3) is 6.14. The Morgan fingerprint density at radius 1 is 0.931 bits per heavy atom. The highest BCUT2D eigenvalue weighted by molar-refractivity contribution is 5.94. The molecule has 0 radical (unpaired) electrons. The van der Waals surface area contributed by atoms with Crippen LogP contribution in [0.3, 0.4) is 0 Å². The zero-order chi connectivity index (χ0) is 20.6. The van der Waals surface area contributed by atoms with Crippen LogP contribution in [0, 0.1) is 11.8 Å². The molecule has 3 rings (SSSR count). The molecule has 1 fully saturated rings. The fraction of sp³-hybridized carbons (Fsp3) is 0.364. The molecule has 0 saturated heterocycles. The zero-order valence-electron chi connectivity index (χ0n) is 16.5. The summed E-state index contributed by atoms with van der Waals surface area (Å²) in [7, 11) is 0. The topological polar surface area (TPSA) is 100 Å². The first-order chi connectivity index (χ1) is 14.0. The van der Waals surface area contributed by atoms with Gasteiger partial charge in [0, 0.05) is 49.1 Å². The van der Waals surface area contributed by atoms with E-state index in [4.69, 9.17) is 0 Å². The van der Waals surface area contributed by atoms with Gasteiger partial charge < -0.3 is 16.0 Å². The van der Waals surface area contributed by atoms with Gasteiger partial charge in [-0.25, -0.2) is 0 Å². The predicted molar refractivity (Wildman–Crippen MR) is 111 cm³/mol. The van der Waals surface area contributed by atoms with E-state index in [-0.39, 0.29) is 29.6 Å². The van der Waals surface area contributed by atoms with Gasteiger partial charge in [0.05, 0.1) is 0 Å². The Balaban J connectivity index is 1.45. The number of hydrogen-bond acceptors (Lipinski definition) is 4. The van der Waals surface area contributed by atoms with Crippen LogP contribution < -0.4 is 16.0 Å². The standard InChI is InChI=1S/C22H26N4O3/c1-15(27)25-19-5-2-6-20(12-19)26-22(29)18-9-7-17(8-10-18)21(28)24-14-16-4-3-11-23-13-16/h2-6,11-13,17-18H,7-10,14H2,1H3,(H,24,28)(H,25,27)(H,26,29). The monoisotopic (exact) mass is 394 g/mol. The van der Waals surface area contributed by atoms with Crippen molar-refractivity contribution in [2.45, 2.75) is 39.2 Å². The fourth-order valence-electron chi connectivity index (χ4n) is 3.58. The van der Waals surface area contributed by atoms with Crippen LogP contribution in [0.2, 0.25) is 0 Å². The van der Waals surface area contributed by atoms with Gasteiger partial charge in [-0.1, -0.05) is 12.1 Å². The molecular formula is C22H26N4O3. The lowest BCUT2D eigenvalue weighted by molar-refractivity contribution is -0.128. The summed E-state index contributed by atoms with van der Waals surface area (Å²) in [5.74, 6) is -0.330. The van der Waals surface area contributed by atoms with Crippen LogP contribution in [0.25, 0.3) is 0 Å². The number of carbonyl (C=O) groups is 3. The first-order valence-electron chi connectivity index (χ1n) is 9.86. The minimum Gasteiger partial charge on any atom is -0.352 e. The molecule has 1 aliphatic carbocycles. The van der Waals surface area contributed by atoms with Gasteiger partial charge in [-0.05, 0) is 55.5 Å². The minimum absolute atomic E-state index is 0.0377. The smallest absolute Gasteiger partial charge is 0.227 e. The van der Waals surface area contributed by atoms with Crippen LogP contribution in [0.5, 0.6) is 0 Å². The number of nitrogens with zero attached hydrogens (tertiary/aromatic N) is 1. The van der Waals surface area contributed by atoms with Crippen LogP contribution in [-0.4, -0.2) is 22.7 Å². The average molecular weight is 394 g/mol. The number of anilines is 2. The second-order valence-corrected chi connectivity index (χ2v) is 7.38. The number of hydrogen-bond donors (Lipinski definition) is 3. The maximum Gasteiger partial charge on any atom is 0.227 e. The maximum absolute atomic E-state index is 12.6. The number of carbonyl (C=O) groups excluding carboxylic acids is 3. The van der Waals surface area contributed by atoms with Gasteiger partial charge in [-0.3, -0.25) is 19.4 Å². The fourth-order valence-corrected chi connectivity index (χ4v) is 3.58. The maximum atomic E-state index is 12.6. The van der Waals surface area contributed by atoms with Crippen molar-refractivity contribution in [2.24, 2.45) is 11.8 Å². The van der Waals surface area contributed by atoms with E-state index in [1.165, 1.54) is 6.92 Å². The Morgan fingerprint density at radius 2 is 1.59 bits per heavy atom. The highest BCUT2D eigenvalue weighted by Crippen LogP contribution is 2.30. The van der Waals surface area contributed by atoms with Crippen molar-refractivity contribution < 1.29 is 14.4 Å². The molecule has 0 unspecified atom stereocenters. The van der Waals surface area contributed by atoms with Gasteiger partial charge in [0.1, 0.15) is 0 Å². The van der Waals surface area contributed by atoms with E-state index in [0.717, 1.165) is 5.56 Å². The number of aromatic nitrogens is 1. The van der Waals surface area contributed by atoms with Gasteiger partial charge in [0.25, 0.3) is 0 Å². The molecule has 29 heavy (non-hydrogen) atoms. The van der Waals surface area contributed by atoms with Crippen molar-refractivity contribution in [1.29, 1.82) is 0 Å². The third-order valence-corrected chi connectivity index (χ3v) is 5.11. The van der Waals surface area contributed by atoms with Crippen LogP contribution in [0.1, 0.15) is 38.2 Å². The summed E-state index contributed by atoms with van der Waals surface area (Å²) in [5, 5.41) is 8.58. The molecule has 0 atom stereocenters. The van der Waals surface area contributed by atoms with E-state index in [1.54, 1.807) is 36.7 Å². The first-order valence-corrected chi connectivity index (χ1v) is 9.86. The zero-order valence-corrected chi connectivity index (χ0v) is 16.5. The predicted octanol–water partition coefficient (Wildman–Crippen LogP) is 3.10. The Morgan fingerprint density at radius 3 is 2.21 bits per heavy atom. The molecule has 1 saturated carbocycles. The summed E-state index contributed by atoms with van der Waals surface area (Å²) in [6.45, 7) is 1.91. The lowest BCUT2D eigenvalue weighted by Crippen LogP contribution is -2.35. The molecule has 0 aliphatic heterocycles. The number of benzene rings is 1. The van der Waals surface area contributed by atoms with E-state index in [2.05, 4.69) is 20.9 Å². The molecule has 1 aromatic heterocycles. The Bertz CT molecular complexity index is 861. The molecule has 1 aliphatic rings. The number of nitrogens with one attached hydrogen (secondary N) is 3. The van der Waals surface area contributed by atoms with Gasteiger partial charge in [0.2, 0.25) is 17.7 Å². The lowest BCUT2D eigenvalue weighted by atomic mass is 9.81. The summed E-state index contributed by atoms with van der Waals surface area (Å²) < 4.78 is 0. The van der Waals surface area contributed by atoms with E-state index >= 15 is 0 Å². The Labute approximate surface area is 170 Å². The number of rotatable bonds is 6. The Hall–Kier alpha value is -3.22. The van der Waals surface area contributed by atoms with E-state index < -0.39 is 0 Å². The van der Waals surface area contributed by atoms with Crippen LogP contribution in [-0.2, 0) is 20.9 Å². The largest absolute Gasteiger partial charge is 0.352 e. The van der Waals surface area contributed by atoms with E-state index in [0.29, 0.717) is 43.6 Å². The Kier molecular flexibility index (Phi) is 6.94. The molecule has 1 aromatic carbocycles. The molecule has 7 heteroatoms. The van der Waals surface area contributed by atoms with Gasteiger partial charge in [-0.2, -0.15) is 0 Å². The molecule has 2 aromatic rings. The van der Waals surface area contributed by atoms with Gasteiger partial charge in [0.15, 0.2) is 0 Å². The van der Waals surface area contributed by atoms with Crippen molar-refractivity contribution in [1.82, 2.24) is 10.3 Å². The second kappa shape index (κ2) is 9.82. The van der Waals surface area contributed by atoms with Crippen molar-refractivity contribution in [3.63, 3.8) is 0 Å². The van der Waals surface area contributed by atoms with E-state index in [9.17, 15) is 14.4 Å². The molecule has 3 amide bonds. The van der Waals surface area contributed by atoms with Crippen LogP contribution in [0.4, 0.5) is 11.4 Å². The summed E-state index contributed by atoms with van der Waals surface area (Å²) in [4.78, 5) is 40.2. The van der Waals surface area contributed by atoms with Crippen LogP contribution in [0.15, 0.2) is 48.8 Å². The highest BCUT2D eigenvalue weighted by atomic mass is 16.2. The van der Waals surface area contributed by atoms with Crippen molar-refractivity contribution in [3.8, 4) is 0 Å². The normalized spacial score (nSPS) is 18.5. The molecule has 1 heterocycles. The SMILES string of the molecule is CC(=O)Nc1cccc(NC(=O)C2CCC(C(=O)NCc3cccnc3)CC2)c1. The molecular weight excluding hydrogens is 368 g/mol. The summed E-state index contributed by atoms with van der Waals surface area (Å²) in [6, 6.07) is 10.8. The molecule has 152 valence electrons. The molecule has 3 N–H and O–H groups in total. The molecule has 7 nitrogen and oxygen atoms in total. The summed E-state index contributed by atoms with van der Waals surface area (Å²) >= 11 is 0. The quantitative estimate of drug-likeness (QED) is 0.701. The second-order valence-electron chi connectivity index (χ2n) is 7.38. The third-order valence-electron chi connectivity index (χ3n) is 5.11. The van der Waals surface area contributed by atoms with Gasteiger partial charge in [-0.15, -0.1) is 0 Å². The highest BCUT2D eigenvalue weighted by Gasteiger charge is 2.29. The first kappa shape index (κ1) is 20.5. The lowest BCUT2D eigenvalue weighted by Gasteiger charge is -2.27. The van der Waals surface area contributed by atoms with Crippen molar-refractivity contribution >= 4 is 29.1 Å². The van der Waals surface area contributed by atoms with E-state index in [1.807, 2.05) is 12.1 Å². The van der Waals surface area contributed by atoms with Gasteiger partial charge >= 0.3 is 0 Å². The number of amides is 3. The summed E-state index contributed by atoms with van der Waals surface area (Å²) in [5.41, 5.74) is 2.26. The number of pyridine rings is 1. The van der Waals surface area contributed by atoms with Crippen LogP contribution >= 0.6 is 0 Å². The van der Waals surface area contributed by atoms with Crippen molar-refractivity contribution in [3.05, 3.63) is 54.4 Å².